The van der Waals surface area contributed by atoms with E-state index in [2.05, 4.69) is 13.8 Å². The number of ether oxygens (including phenoxy) is 1. The van der Waals surface area contributed by atoms with E-state index in [9.17, 15) is 4.79 Å². The molecule has 1 atom stereocenters. The summed E-state index contributed by atoms with van der Waals surface area (Å²) in [6, 6.07) is -0.428. The van der Waals surface area contributed by atoms with Gasteiger partial charge in [0, 0.05) is 0 Å². The molecule has 0 aliphatic carbocycles. The van der Waals surface area contributed by atoms with Crippen LogP contribution in [0.15, 0.2) is 0 Å². The van der Waals surface area contributed by atoms with E-state index in [-0.39, 0.29) is 5.97 Å². The number of carbonyl (C=O) groups excluding carboxylic acids is 1. The first kappa shape index (κ1) is 42.4. The number of hydrogen-bond donors (Lipinski definition) is 1. The predicted octanol–water partition coefficient (Wildman–Crippen LogP) is 13.6. The van der Waals surface area contributed by atoms with Gasteiger partial charge in [0.1, 0.15) is 6.04 Å². The molecule has 3 heteroatoms. The van der Waals surface area contributed by atoms with Gasteiger partial charge < -0.3 is 10.5 Å². The lowest BCUT2D eigenvalue weighted by Crippen LogP contribution is -2.32. The first-order chi connectivity index (χ1) is 21.2. The molecule has 0 heterocycles. The van der Waals surface area contributed by atoms with Crippen molar-refractivity contribution >= 4 is 5.97 Å². The smallest absolute Gasteiger partial charge is 0.322 e. The van der Waals surface area contributed by atoms with Crippen molar-refractivity contribution in [2.45, 2.75) is 245 Å². The summed E-state index contributed by atoms with van der Waals surface area (Å²) >= 11 is 0. The quantitative estimate of drug-likeness (QED) is 0.0564. The standard InChI is InChI=1S/C40H81NO2/c1-3-5-7-9-11-13-15-17-19-20-21-22-23-24-26-28-30-32-34-36-38-43-40(42)39(41)37-35-33-31-29-27-25-18-16-14-12-10-8-6-4-2/h39H,3-38,41H2,1-2H3. The van der Waals surface area contributed by atoms with E-state index in [1.807, 2.05) is 0 Å². The summed E-state index contributed by atoms with van der Waals surface area (Å²) in [5.41, 5.74) is 6.08. The van der Waals surface area contributed by atoms with Crippen LogP contribution in [0.5, 0.6) is 0 Å². The highest BCUT2D eigenvalue weighted by Gasteiger charge is 2.14. The van der Waals surface area contributed by atoms with E-state index < -0.39 is 6.04 Å². The number of hydrogen-bond acceptors (Lipinski definition) is 3. The minimum Gasteiger partial charge on any atom is -0.465 e. The van der Waals surface area contributed by atoms with Gasteiger partial charge in [-0.1, -0.05) is 226 Å². The number of esters is 1. The fraction of sp³-hybridized carbons (Fsp3) is 0.975. The number of carbonyl (C=O) groups is 1. The zero-order chi connectivity index (χ0) is 31.3. The maximum Gasteiger partial charge on any atom is 0.322 e. The molecular formula is C40H81NO2. The molecular weight excluding hydrogens is 526 g/mol. The van der Waals surface area contributed by atoms with E-state index in [1.54, 1.807) is 0 Å². The Kier molecular flexibility index (Phi) is 37.1. The Morgan fingerprint density at radius 2 is 0.628 bits per heavy atom. The molecule has 0 fully saturated rings. The molecule has 0 saturated heterocycles. The van der Waals surface area contributed by atoms with E-state index >= 15 is 0 Å². The van der Waals surface area contributed by atoms with Crippen LogP contribution in [0, 0.1) is 0 Å². The van der Waals surface area contributed by atoms with E-state index in [0.717, 1.165) is 19.3 Å². The first-order valence-electron chi connectivity index (χ1n) is 20.1. The molecule has 0 aromatic carbocycles. The average Bonchev–Trinajstić information content (AvgIpc) is 3.01. The number of nitrogens with two attached hydrogens (primary N) is 1. The zero-order valence-corrected chi connectivity index (χ0v) is 29.9. The van der Waals surface area contributed by atoms with Gasteiger partial charge >= 0.3 is 5.97 Å². The van der Waals surface area contributed by atoms with Crippen molar-refractivity contribution in [3.63, 3.8) is 0 Å². The first-order valence-corrected chi connectivity index (χ1v) is 20.1. The second-order valence-electron chi connectivity index (χ2n) is 13.9. The molecule has 3 nitrogen and oxygen atoms in total. The lowest BCUT2D eigenvalue weighted by atomic mass is 10.0. The molecule has 0 aliphatic heterocycles. The Morgan fingerprint density at radius 3 is 0.907 bits per heavy atom. The summed E-state index contributed by atoms with van der Waals surface area (Å²) in [6.07, 6.45) is 47.3. The second kappa shape index (κ2) is 37.6. The van der Waals surface area contributed by atoms with Crippen LogP contribution in [0.3, 0.4) is 0 Å². The van der Waals surface area contributed by atoms with Crippen LogP contribution in [0.25, 0.3) is 0 Å². The highest BCUT2D eigenvalue weighted by Crippen LogP contribution is 2.16. The summed E-state index contributed by atoms with van der Waals surface area (Å²) in [7, 11) is 0. The fourth-order valence-electron chi connectivity index (χ4n) is 6.31. The zero-order valence-electron chi connectivity index (χ0n) is 29.9. The summed E-state index contributed by atoms with van der Waals surface area (Å²) in [5.74, 6) is -0.188. The predicted molar refractivity (Wildman–Crippen MR) is 192 cm³/mol. The highest BCUT2D eigenvalue weighted by molar-refractivity contribution is 5.75. The maximum absolute atomic E-state index is 12.2. The third-order valence-electron chi connectivity index (χ3n) is 9.41. The maximum atomic E-state index is 12.2. The second-order valence-corrected chi connectivity index (χ2v) is 13.9. The van der Waals surface area contributed by atoms with Gasteiger partial charge in [-0.25, -0.2) is 0 Å². The summed E-state index contributed by atoms with van der Waals surface area (Å²) < 4.78 is 5.45. The average molecular weight is 608 g/mol. The lowest BCUT2D eigenvalue weighted by molar-refractivity contribution is -0.145. The van der Waals surface area contributed by atoms with Gasteiger partial charge in [-0.15, -0.1) is 0 Å². The third-order valence-corrected chi connectivity index (χ3v) is 9.41. The molecule has 2 N–H and O–H groups in total. The van der Waals surface area contributed by atoms with Crippen molar-refractivity contribution in [1.82, 2.24) is 0 Å². The van der Waals surface area contributed by atoms with Crippen LogP contribution < -0.4 is 5.73 Å². The van der Waals surface area contributed by atoms with Crippen LogP contribution in [0.2, 0.25) is 0 Å². The molecule has 0 aromatic rings. The van der Waals surface area contributed by atoms with Crippen LogP contribution in [-0.2, 0) is 9.53 Å². The van der Waals surface area contributed by atoms with Gasteiger partial charge in [0.2, 0.25) is 0 Å². The van der Waals surface area contributed by atoms with Crippen LogP contribution in [0.1, 0.15) is 239 Å². The van der Waals surface area contributed by atoms with Crippen LogP contribution in [-0.4, -0.2) is 18.6 Å². The van der Waals surface area contributed by atoms with Crippen molar-refractivity contribution in [3.05, 3.63) is 0 Å². The van der Waals surface area contributed by atoms with Gasteiger partial charge in [-0.2, -0.15) is 0 Å². The summed E-state index contributed by atoms with van der Waals surface area (Å²) in [4.78, 5) is 12.2. The minimum absolute atomic E-state index is 0.188. The molecule has 0 spiro atoms. The SMILES string of the molecule is CCCCCCCCCCCCCCCCCCCCCCOC(=O)C(N)CCCCCCCCCCCCCCCC. The van der Waals surface area contributed by atoms with E-state index in [0.29, 0.717) is 6.61 Å². The monoisotopic (exact) mass is 608 g/mol. The number of unbranched alkanes of at least 4 members (excludes halogenated alkanes) is 32. The van der Waals surface area contributed by atoms with Gasteiger partial charge in [0.15, 0.2) is 0 Å². The lowest BCUT2D eigenvalue weighted by Gasteiger charge is -2.11. The largest absolute Gasteiger partial charge is 0.465 e. The van der Waals surface area contributed by atoms with Gasteiger partial charge in [0.05, 0.1) is 6.61 Å². The fourth-order valence-corrected chi connectivity index (χ4v) is 6.31. The van der Waals surface area contributed by atoms with Crippen LogP contribution >= 0.6 is 0 Å². The van der Waals surface area contributed by atoms with E-state index in [1.165, 1.54) is 205 Å². The molecule has 0 aliphatic rings. The normalized spacial score (nSPS) is 12.2. The molecule has 258 valence electrons. The third kappa shape index (κ3) is 35.8. The highest BCUT2D eigenvalue weighted by atomic mass is 16.5. The summed E-state index contributed by atoms with van der Waals surface area (Å²) in [6.45, 7) is 5.13. The van der Waals surface area contributed by atoms with Crippen molar-refractivity contribution in [1.29, 1.82) is 0 Å². The molecule has 0 amide bonds. The topological polar surface area (TPSA) is 52.3 Å². The Hall–Kier alpha value is -0.570. The van der Waals surface area contributed by atoms with Crippen molar-refractivity contribution in [3.8, 4) is 0 Å². The van der Waals surface area contributed by atoms with Gasteiger partial charge in [-0.05, 0) is 12.8 Å². The van der Waals surface area contributed by atoms with Crippen LogP contribution in [0.4, 0.5) is 0 Å². The van der Waals surface area contributed by atoms with E-state index in [4.69, 9.17) is 10.5 Å². The van der Waals surface area contributed by atoms with Crippen molar-refractivity contribution in [2.24, 2.45) is 5.73 Å². The summed E-state index contributed by atoms with van der Waals surface area (Å²) in [5, 5.41) is 0. The Labute approximate surface area is 272 Å². The van der Waals surface area contributed by atoms with Crippen molar-refractivity contribution < 1.29 is 9.53 Å². The van der Waals surface area contributed by atoms with Gasteiger partial charge in [0.25, 0.3) is 0 Å². The molecule has 0 aromatic heterocycles. The Morgan fingerprint density at radius 1 is 0.395 bits per heavy atom. The number of rotatable bonds is 37. The molecule has 43 heavy (non-hydrogen) atoms. The molecule has 0 saturated carbocycles. The van der Waals surface area contributed by atoms with Gasteiger partial charge in [-0.3, -0.25) is 4.79 Å². The minimum atomic E-state index is -0.428. The molecule has 1 unspecified atom stereocenters. The molecule has 0 radical (unpaired) electrons. The Bertz CT molecular complexity index is 523. The van der Waals surface area contributed by atoms with Crippen molar-refractivity contribution in [2.75, 3.05) is 6.61 Å². The molecule has 0 rings (SSSR count). The Balaban J connectivity index is 3.25. The molecule has 0 bridgehead atoms.